The van der Waals surface area contributed by atoms with E-state index in [9.17, 15) is 8.78 Å². The molecule has 1 rings (SSSR count). The Balaban J connectivity index is 2.94. The van der Waals surface area contributed by atoms with Crippen LogP contribution in [0.25, 0.3) is 0 Å². The van der Waals surface area contributed by atoms with Gasteiger partial charge in [-0.25, -0.2) is 13.8 Å². The molecule has 0 aliphatic heterocycles. The Bertz CT molecular complexity index is 197. The molecule has 0 amide bonds. The second-order valence-electron chi connectivity index (χ2n) is 1.60. The highest BCUT2D eigenvalue weighted by Gasteiger charge is 2.11. The van der Waals surface area contributed by atoms with E-state index < -0.39 is 6.43 Å². The first-order valence-corrected chi connectivity index (χ1v) is 3.28. The zero-order valence-corrected chi connectivity index (χ0v) is 5.58. The molecule has 1 nitrogen and oxygen atoms in total. The minimum Gasteiger partial charge on any atom is -0.250 e. The average Bonchev–Trinajstić information content (AvgIpc) is 2.13. The summed E-state index contributed by atoms with van der Waals surface area (Å²) >= 11 is 0.997. The number of hydrogen-bond acceptors (Lipinski definition) is 2. The van der Waals surface area contributed by atoms with Crippen LogP contribution in [0, 0.1) is 6.92 Å². The van der Waals surface area contributed by atoms with Gasteiger partial charge in [-0.15, -0.1) is 11.3 Å². The molecule has 0 N–H and O–H groups in total. The number of rotatable bonds is 1. The molecule has 0 atom stereocenters. The maximum absolute atomic E-state index is 11.8. The molecule has 0 fully saturated rings. The standard InChI is InChI=1S/C5H5F2NS/c1-3-4(5(6)7)9-2-8-3/h2,5H,1H3. The highest BCUT2D eigenvalue weighted by Crippen LogP contribution is 2.25. The maximum atomic E-state index is 11.8. The average molecular weight is 149 g/mol. The summed E-state index contributed by atoms with van der Waals surface area (Å²) in [5.74, 6) is 0. The number of hydrogen-bond donors (Lipinski definition) is 0. The number of alkyl halides is 2. The maximum Gasteiger partial charge on any atom is 0.274 e. The zero-order valence-electron chi connectivity index (χ0n) is 4.77. The zero-order chi connectivity index (χ0) is 6.85. The molecule has 0 aromatic carbocycles. The molecule has 0 bridgehead atoms. The second kappa shape index (κ2) is 2.39. The minimum atomic E-state index is -2.36. The SMILES string of the molecule is Cc1ncsc1C(F)F. The molecule has 0 aliphatic rings. The van der Waals surface area contributed by atoms with Gasteiger partial charge in [0.15, 0.2) is 0 Å². The number of aryl methyl sites for hydroxylation is 1. The molecular formula is C5H5F2NS. The summed E-state index contributed by atoms with van der Waals surface area (Å²) in [5.41, 5.74) is 1.87. The lowest BCUT2D eigenvalue weighted by atomic mass is 10.4. The topological polar surface area (TPSA) is 12.9 Å². The summed E-state index contributed by atoms with van der Waals surface area (Å²) in [5, 5.41) is 0. The highest BCUT2D eigenvalue weighted by atomic mass is 32.1. The summed E-state index contributed by atoms with van der Waals surface area (Å²) in [4.78, 5) is 3.76. The molecule has 4 heteroatoms. The van der Waals surface area contributed by atoms with Crippen molar-refractivity contribution >= 4 is 11.3 Å². The molecule has 0 saturated carbocycles. The van der Waals surface area contributed by atoms with Gasteiger partial charge in [-0.3, -0.25) is 0 Å². The Labute approximate surface area is 55.4 Å². The summed E-state index contributed by atoms with van der Waals surface area (Å²) in [6.45, 7) is 1.58. The van der Waals surface area contributed by atoms with Crippen LogP contribution in [0.15, 0.2) is 5.51 Å². The quantitative estimate of drug-likeness (QED) is 0.597. The second-order valence-corrected chi connectivity index (χ2v) is 2.49. The van der Waals surface area contributed by atoms with E-state index in [1.54, 1.807) is 6.92 Å². The molecule has 1 aromatic heterocycles. The van der Waals surface area contributed by atoms with Crippen LogP contribution in [-0.2, 0) is 0 Å². The van der Waals surface area contributed by atoms with Crippen LogP contribution in [0.1, 0.15) is 17.0 Å². The Kier molecular flexibility index (Phi) is 1.75. The Morgan fingerprint density at radius 2 is 2.33 bits per heavy atom. The first-order valence-electron chi connectivity index (χ1n) is 2.40. The van der Waals surface area contributed by atoms with Gasteiger partial charge in [-0.05, 0) is 6.92 Å². The van der Waals surface area contributed by atoms with Crippen LogP contribution < -0.4 is 0 Å². The lowest BCUT2D eigenvalue weighted by Gasteiger charge is -1.91. The van der Waals surface area contributed by atoms with Crippen molar-refractivity contribution < 1.29 is 8.78 Å². The van der Waals surface area contributed by atoms with Gasteiger partial charge in [0.05, 0.1) is 16.1 Å². The summed E-state index contributed by atoms with van der Waals surface area (Å²) in [6, 6.07) is 0. The summed E-state index contributed by atoms with van der Waals surface area (Å²) in [6.07, 6.45) is -2.36. The van der Waals surface area contributed by atoms with Crippen LogP contribution in [0.5, 0.6) is 0 Å². The van der Waals surface area contributed by atoms with E-state index in [4.69, 9.17) is 0 Å². The van der Waals surface area contributed by atoms with Crippen molar-refractivity contribution in [2.45, 2.75) is 13.3 Å². The summed E-state index contributed by atoms with van der Waals surface area (Å²) in [7, 11) is 0. The van der Waals surface area contributed by atoms with Gasteiger partial charge in [-0.1, -0.05) is 0 Å². The van der Waals surface area contributed by atoms with Gasteiger partial charge >= 0.3 is 0 Å². The normalized spacial score (nSPS) is 10.7. The van der Waals surface area contributed by atoms with Gasteiger partial charge in [0.1, 0.15) is 0 Å². The van der Waals surface area contributed by atoms with E-state index in [-0.39, 0.29) is 4.88 Å². The van der Waals surface area contributed by atoms with Crippen molar-refractivity contribution in [2.24, 2.45) is 0 Å². The van der Waals surface area contributed by atoms with E-state index in [0.717, 1.165) is 11.3 Å². The molecule has 0 unspecified atom stereocenters. The lowest BCUT2D eigenvalue weighted by Crippen LogP contribution is -1.81. The third-order valence-corrected chi connectivity index (χ3v) is 1.92. The van der Waals surface area contributed by atoms with Crippen molar-refractivity contribution in [3.8, 4) is 0 Å². The Morgan fingerprint density at radius 1 is 1.67 bits per heavy atom. The predicted molar refractivity (Wildman–Crippen MR) is 31.8 cm³/mol. The fourth-order valence-electron chi connectivity index (χ4n) is 0.520. The van der Waals surface area contributed by atoms with Crippen LogP contribution in [0.2, 0.25) is 0 Å². The molecule has 50 valence electrons. The Morgan fingerprint density at radius 3 is 2.56 bits per heavy atom. The van der Waals surface area contributed by atoms with E-state index >= 15 is 0 Å². The van der Waals surface area contributed by atoms with E-state index in [1.165, 1.54) is 5.51 Å². The lowest BCUT2D eigenvalue weighted by molar-refractivity contribution is 0.154. The fraction of sp³-hybridized carbons (Fsp3) is 0.400. The van der Waals surface area contributed by atoms with Gasteiger partial charge in [0, 0.05) is 0 Å². The van der Waals surface area contributed by atoms with Crippen LogP contribution in [0.4, 0.5) is 8.78 Å². The fourth-order valence-corrected chi connectivity index (χ4v) is 1.17. The number of aromatic nitrogens is 1. The number of nitrogens with zero attached hydrogens (tertiary/aromatic N) is 1. The first-order chi connectivity index (χ1) is 4.22. The minimum absolute atomic E-state index is 0.0787. The highest BCUT2D eigenvalue weighted by molar-refractivity contribution is 7.09. The van der Waals surface area contributed by atoms with Gasteiger partial charge in [0.25, 0.3) is 6.43 Å². The molecule has 0 aliphatic carbocycles. The largest absolute Gasteiger partial charge is 0.274 e. The number of thiazole rings is 1. The van der Waals surface area contributed by atoms with E-state index in [1.807, 2.05) is 0 Å². The van der Waals surface area contributed by atoms with Crippen LogP contribution in [-0.4, -0.2) is 4.98 Å². The van der Waals surface area contributed by atoms with Gasteiger partial charge in [-0.2, -0.15) is 0 Å². The van der Waals surface area contributed by atoms with E-state index in [2.05, 4.69) is 4.98 Å². The predicted octanol–water partition coefficient (Wildman–Crippen LogP) is 2.39. The monoisotopic (exact) mass is 149 g/mol. The van der Waals surface area contributed by atoms with Crippen molar-refractivity contribution in [2.75, 3.05) is 0 Å². The molecule has 9 heavy (non-hydrogen) atoms. The van der Waals surface area contributed by atoms with Crippen molar-refractivity contribution in [3.63, 3.8) is 0 Å². The molecule has 0 radical (unpaired) electrons. The van der Waals surface area contributed by atoms with E-state index in [0.29, 0.717) is 5.69 Å². The molecule has 1 aromatic rings. The Hall–Kier alpha value is -0.510. The van der Waals surface area contributed by atoms with Crippen LogP contribution >= 0.6 is 11.3 Å². The molecule has 1 heterocycles. The van der Waals surface area contributed by atoms with Gasteiger partial charge in [0.2, 0.25) is 0 Å². The first kappa shape index (κ1) is 6.61. The van der Waals surface area contributed by atoms with Gasteiger partial charge < -0.3 is 0 Å². The molecule has 0 saturated heterocycles. The summed E-state index contributed by atoms with van der Waals surface area (Å²) < 4.78 is 23.7. The van der Waals surface area contributed by atoms with Crippen LogP contribution in [0.3, 0.4) is 0 Å². The number of halogens is 2. The smallest absolute Gasteiger partial charge is 0.250 e. The third kappa shape index (κ3) is 1.24. The molecular weight excluding hydrogens is 144 g/mol. The van der Waals surface area contributed by atoms with Crippen molar-refractivity contribution in [1.29, 1.82) is 0 Å². The third-order valence-electron chi connectivity index (χ3n) is 0.981. The molecule has 0 spiro atoms. The van der Waals surface area contributed by atoms with Crippen molar-refractivity contribution in [1.82, 2.24) is 4.98 Å². The van der Waals surface area contributed by atoms with Crippen molar-refractivity contribution in [3.05, 3.63) is 16.1 Å².